The molecule has 2 heterocycles. The van der Waals surface area contributed by atoms with E-state index in [1.807, 2.05) is 38.2 Å². The number of urea groups is 1. The van der Waals surface area contributed by atoms with Crippen molar-refractivity contribution in [2.45, 2.75) is 39.2 Å². The van der Waals surface area contributed by atoms with Crippen LogP contribution in [-0.2, 0) is 4.79 Å². The third-order valence-corrected chi connectivity index (χ3v) is 4.11. The molecule has 0 radical (unpaired) electrons. The Morgan fingerprint density at radius 3 is 2.88 bits per heavy atom. The second-order valence-corrected chi connectivity index (χ2v) is 6.70. The molecule has 0 spiro atoms. The third-order valence-electron chi connectivity index (χ3n) is 4.11. The first-order valence-corrected chi connectivity index (χ1v) is 8.84. The lowest BCUT2D eigenvalue weighted by Gasteiger charge is -2.28. The maximum atomic E-state index is 12.7. The molecule has 0 aromatic carbocycles. The highest BCUT2D eigenvalue weighted by Crippen LogP contribution is 2.24. The van der Waals surface area contributed by atoms with Gasteiger partial charge in [0, 0.05) is 25.1 Å². The molecule has 1 unspecified atom stereocenters. The summed E-state index contributed by atoms with van der Waals surface area (Å²) in [6.45, 7) is 4.50. The molecular weight excluding hydrogens is 330 g/mol. The molecule has 2 N–H and O–H groups in total. The molecule has 7 heteroatoms. The predicted octanol–water partition coefficient (Wildman–Crippen LogP) is 2.28. The number of hydrogen-bond donors (Lipinski definition) is 2. The molecule has 0 aliphatic carbocycles. The smallest absolute Gasteiger partial charge is 0.322 e. The van der Waals surface area contributed by atoms with E-state index in [2.05, 4.69) is 15.6 Å². The minimum Gasteiger partial charge on any atom is -0.341 e. The quantitative estimate of drug-likeness (QED) is 0.765. The number of amides is 3. The number of nitrogens with zero attached hydrogens (tertiary/aromatic N) is 3. The van der Waals surface area contributed by atoms with Crippen molar-refractivity contribution in [1.82, 2.24) is 20.5 Å². The number of aromatic nitrogens is 1. The number of nitriles is 1. The summed E-state index contributed by atoms with van der Waals surface area (Å²) in [6.07, 6.45) is 7.57. The van der Waals surface area contributed by atoms with Crippen LogP contribution in [0.2, 0.25) is 0 Å². The standard InChI is InChI=1S/C19H25N5O2/c1-14(2)11-17(18(25)22-9-7-20)23-19(26)24-10-4-6-16(13-24)15-5-3-8-21-12-15/h3,5,8,12-14,17H,4,6,9-11H2,1-2H3,(H,22,25)(H,23,26). The van der Waals surface area contributed by atoms with E-state index < -0.39 is 6.04 Å². The molecular formula is C19H25N5O2. The summed E-state index contributed by atoms with van der Waals surface area (Å²) < 4.78 is 0. The Bertz CT molecular complexity index is 694. The third kappa shape index (κ3) is 5.59. The summed E-state index contributed by atoms with van der Waals surface area (Å²) in [5, 5.41) is 14.0. The maximum absolute atomic E-state index is 12.7. The van der Waals surface area contributed by atoms with Crippen molar-refractivity contribution in [1.29, 1.82) is 5.26 Å². The van der Waals surface area contributed by atoms with E-state index >= 15 is 0 Å². The van der Waals surface area contributed by atoms with Crippen LogP contribution in [0.3, 0.4) is 0 Å². The number of allylic oxidation sites excluding steroid dienone is 1. The number of nitrogens with one attached hydrogen (secondary N) is 2. The van der Waals surface area contributed by atoms with Gasteiger partial charge in [-0.05, 0) is 42.4 Å². The minimum atomic E-state index is -0.659. The monoisotopic (exact) mass is 355 g/mol. The molecule has 0 bridgehead atoms. The van der Waals surface area contributed by atoms with Crippen LogP contribution in [0.25, 0.3) is 5.57 Å². The van der Waals surface area contributed by atoms with Crippen LogP contribution < -0.4 is 10.6 Å². The Balaban J connectivity index is 2.07. The normalized spacial score (nSPS) is 15.0. The highest BCUT2D eigenvalue weighted by molar-refractivity contribution is 5.88. The molecule has 26 heavy (non-hydrogen) atoms. The molecule has 0 saturated heterocycles. The van der Waals surface area contributed by atoms with Gasteiger partial charge in [0.2, 0.25) is 5.91 Å². The molecule has 1 aromatic rings. The van der Waals surface area contributed by atoms with Crippen LogP contribution in [-0.4, -0.2) is 41.0 Å². The van der Waals surface area contributed by atoms with E-state index in [0.717, 1.165) is 24.0 Å². The molecule has 1 aromatic heterocycles. The number of rotatable bonds is 6. The van der Waals surface area contributed by atoms with E-state index in [4.69, 9.17) is 5.26 Å². The number of hydrogen-bond acceptors (Lipinski definition) is 4. The lowest BCUT2D eigenvalue weighted by atomic mass is 10.0. The Kier molecular flexibility index (Phi) is 7.15. The Labute approximate surface area is 154 Å². The highest BCUT2D eigenvalue weighted by atomic mass is 16.2. The summed E-state index contributed by atoms with van der Waals surface area (Å²) in [6, 6.07) is 4.75. The van der Waals surface area contributed by atoms with Gasteiger partial charge in [-0.1, -0.05) is 19.9 Å². The first kappa shape index (κ1) is 19.4. The van der Waals surface area contributed by atoms with Crippen LogP contribution in [0.1, 0.15) is 38.7 Å². The van der Waals surface area contributed by atoms with Crippen molar-refractivity contribution in [3.8, 4) is 6.07 Å². The van der Waals surface area contributed by atoms with Crippen LogP contribution in [0.15, 0.2) is 30.7 Å². The zero-order chi connectivity index (χ0) is 18.9. The lowest BCUT2D eigenvalue weighted by Crippen LogP contribution is -2.51. The van der Waals surface area contributed by atoms with Gasteiger partial charge in [-0.3, -0.25) is 9.78 Å². The minimum absolute atomic E-state index is 0.0714. The summed E-state index contributed by atoms with van der Waals surface area (Å²) >= 11 is 0. The molecule has 1 aliphatic rings. The fraction of sp³-hybridized carbons (Fsp3) is 0.474. The average molecular weight is 355 g/mol. The van der Waals surface area contributed by atoms with Gasteiger partial charge in [0.25, 0.3) is 0 Å². The van der Waals surface area contributed by atoms with Gasteiger partial charge in [-0.15, -0.1) is 0 Å². The average Bonchev–Trinajstić information content (AvgIpc) is 2.66. The Morgan fingerprint density at radius 1 is 1.42 bits per heavy atom. The maximum Gasteiger partial charge on any atom is 0.322 e. The van der Waals surface area contributed by atoms with Crippen molar-refractivity contribution in [2.24, 2.45) is 5.92 Å². The number of carbonyl (C=O) groups is 2. The Hall–Kier alpha value is -2.88. The highest BCUT2D eigenvalue weighted by Gasteiger charge is 2.25. The van der Waals surface area contributed by atoms with Crippen molar-refractivity contribution in [2.75, 3.05) is 13.1 Å². The van der Waals surface area contributed by atoms with Crippen LogP contribution in [0.4, 0.5) is 4.79 Å². The predicted molar refractivity (Wildman–Crippen MR) is 98.6 cm³/mol. The van der Waals surface area contributed by atoms with E-state index in [-0.39, 0.29) is 24.4 Å². The van der Waals surface area contributed by atoms with E-state index in [1.54, 1.807) is 17.3 Å². The summed E-state index contributed by atoms with van der Waals surface area (Å²) in [5.41, 5.74) is 2.05. The van der Waals surface area contributed by atoms with Crippen molar-refractivity contribution in [3.05, 3.63) is 36.3 Å². The molecule has 138 valence electrons. The number of pyridine rings is 1. The zero-order valence-corrected chi connectivity index (χ0v) is 15.2. The Morgan fingerprint density at radius 2 is 2.23 bits per heavy atom. The summed E-state index contributed by atoms with van der Waals surface area (Å²) in [7, 11) is 0. The summed E-state index contributed by atoms with van der Waals surface area (Å²) in [5.74, 6) is -0.0990. The van der Waals surface area contributed by atoms with Crippen LogP contribution in [0.5, 0.6) is 0 Å². The molecule has 0 fully saturated rings. The van der Waals surface area contributed by atoms with Crippen molar-refractivity contribution >= 4 is 17.5 Å². The van der Waals surface area contributed by atoms with Gasteiger partial charge in [-0.2, -0.15) is 5.26 Å². The molecule has 1 atom stereocenters. The van der Waals surface area contributed by atoms with Crippen LogP contribution in [0, 0.1) is 17.2 Å². The fourth-order valence-corrected chi connectivity index (χ4v) is 2.87. The van der Waals surface area contributed by atoms with E-state index in [1.165, 1.54) is 0 Å². The second-order valence-electron chi connectivity index (χ2n) is 6.70. The van der Waals surface area contributed by atoms with Gasteiger partial charge in [-0.25, -0.2) is 4.79 Å². The van der Waals surface area contributed by atoms with E-state index in [9.17, 15) is 9.59 Å². The molecule has 7 nitrogen and oxygen atoms in total. The van der Waals surface area contributed by atoms with E-state index in [0.29, 0.717) is 13.0 Å². The summed E-state index contributed by atoms with van der Waals surface area (Å²) in [4.78, 5) is 30.6. The molecule has 2 rings (SSSR count). The van der Waals surface area contributed by atoms with Gasteiger partial charge >= 0.3 is 6.03 Å². The van der Waals surface area contributed by atoms with Crippen molar-refractivity contribution in [3.63, 3.8) is 0 Å². The largest absolute Gasteiger partial charge is 0.341 e. The zero-order valence-electron chi connectivity index (χ0n) is 15.2. The first-order valence-electron chi connectivity index (χ1n) is 8.84. The van der Waals surface area contributed by atoms with Gasteiger partial charge in [0.1, 0.15) is 12.6 Å². The fourth-order valence-electron chi connectivity index (χ4n) is 2.87. The van der Waals surface area contributed by atoms with Crippen LogP contribution >= 0.6 is 0 Å². The molecule has 0 saturated carbocycles. The van der Waals surface area contributed by atoms with Crippen molar-refractivity contribution < 1.29 is 9.59 Å². The second kappa shape index (κ2) is 9.56. The molecule has 1 aliphatic heterocycles. The van der Waals surface area contributed by atoms with Gasteiger partial charge in [0.05, 0.1) is 6.07 Å². The van der Waals surface area contributed by atoms with Gasteiger partial charge < -0.3 is 15.5 Å². The SMILES string of the molecule is CC(C)CC(NC(=O)N1C=C(c2cccnc2)CCC1)C(=O)NCC#N. The topological polar surface area (TPSA) is 98.1 Å². The van der Waals surface area contributed by atoms with Gasteiger partial charge in [0.15, 0.2) is 0 Å². The molecule has 3 amide bonds. The number of carbonyl (C=O) groups excluding carboxylic acids is 2. The first-order chi connectivity index (χ1) is 12.5. The lowest BCUT2D eigenvalue weighted by molar-refractivity contribution is -0.123.